The molecule has 4 rings (SSSR count). The van der Waals surface area contributed by atoms with E-state index in [2.05, 4.69) is 0 Å². The minimum Gasteiger partial charge on any atom is -0.486 e. The second-order valence-electron chi connectivity index (χ2n) is 7.00. The van der Waals surface area contributed by atoms with Gasteiger partial charge in [-0.25, -0.2) is 8.42 Å². The van der Waals surface area contributed by atoms with Gasteiger partial charge in [0.1, 0.15) is 23.5 Å². The van der Waals surface area contributed by atoms with Crippen LogP contribution in [0.5, 0.6) is 11.5 Å². The lowest BCUT2D eigenvalue weighted by Crippen LogP contribution is -2.46. The van der Waals surface area contributed by atoms with Gasteiger partial charge in [-0.2, -0.15) is 4.31 Å². The number of sulfonamides is 1. The van der Waals surface area contributed by atoms with E-state index in [-0.39, 0.29) is 10.1 Å². The van der Waals surface area contributed by atoms with E-state index in [0.29, 0.717) is 55.0 Å². The van der Waals surface area contributed by atoms with Gasteiger partial charge in [0.2, 0.25) is 5.91 Å². The lowest BCUT2D eigenvalue weighted by atomic mass is 10.1. The molecule has 0 spiro atoms. The van der Waals surface area contributed by atoms with Gasteiger partial charge < -0.3 is 14.4 Å². The molecule has 0 radical (unpaired) electrons. The summed E-state index contributed by atoms with van der Waals surface area (Å²) in [5, 5.41) is 0. The van der Waals surface area contributed by atoms with Crippen LogP contribution in [0.1, 0.15) is 18.4 Å². The van der Waals surface area contributed by atoms with Crippen LogP contribution in [0.25, 0.3) is 0 Å². The van der Waals surface area contributed by atoms with E-state index in [1.165, 1.54) is 10.4 Å². The second-order valence-corrected chi connectivity index (χ2v) is 10.8. The third-order valence-electron chi connectivity index (χ3n) is 5.00. The zero-order chi connectivity index (χ0) is 20.6. The molecule has 156 valence electrons. The highest BCUT2D eigenvalue weighted by molar-refractivity contribution is 7.91. The standard InChI is InChI=1S/C19H21ClN2O5S2/c1-21(12-13-4-5-15-16(11-13)27-10-9-26-15)19(23)14-3-2-8-22(14)29(24,25)18-7-6-17(20)28-18/h4-7,11,14H,2-3,8-10,12H2,1H3. The number of benzene rings is 1. The van der Waals surface area contributed by atoms with Crippen molar-refractivity contribution in [2.24, 2.45) is 0 Å². The number of nitrogens with zero attached hydrogens (tertiary/aromatic N) is 2. The lowest BCUT2D eigenvalue weighted by molar-refractivity contribution is -0.133. The van der Waals surface area contributed by atoms with Gasteiger partial charge in [-0.1, -0.05) is 17.7 Å². The molecule has 29 heavy (non-hydrogen) atoms. The van der Waals surface area contributed by atoms with Crippen LogP contribution in [0.4, 0.5) is 0 Å². The quantitative estimate of drug-likeness (QED) is 0.691. The van der Waals surface area contributed by atoms with E-state index >= 15 is 0 Å². The molecule has 2 aliphatic rings. The number of thiophene rings is 1. The molecule has 3 heterocycles. The molecule has 0 aliphatic carbocycles. The molecule has 10 heteroatoms. The number of halogens is 1. The fraction of sp³-hybridized carbons (Fsp3) is 0.421. The molecule has 1 aromatic carbocycles. The van der Waals surface area contributed by atoms with Gasteiger partial charge in [0.05, 0.1) is 4.34 Å². The summed E-state index contributed by atoms with van der Waals surface area (Å²) >= 11 is 6.91. The summed E-state index contributed by atoms with van der Waals surface area (Å²) in [6.07, 6.45) is 1.15. The van der Waals surface area contributed by atoms with Crippen molar-refractivity contribution in [1.82, 2.24) is 9.21 Å². The highest BCUT2D eigenvalue weighted by Crippen LogP contribution is 2.34. The Labute approximate surface area is 178 Å². The molecule has 0 N–H and O–H groups in total. The van der Waals surface area contributed by atoms with Crippen molar-refractivity contribution < 1.29 is 22.7 Å². The molecule has 7 nitrogen and oxygen atoms in total. The largest absolute Gasteiger partial charge is 0.486 e. The van der Waals surface area contributed by atoms with Crippen molar-refractivity contribution in [2.45, 2.75) is 29.6 Å². The average molecular weight is 457 g/mol. The minimum atomic E-state index is -3.75. The number of hydrogen-bond acceptors (Lipinski definition) is 6. The number of amides is 1. The van der Waals surface area contributed by atoms with E-state index in [4.69, 9.17) is 21.1 Å². The lowest BCUT2D eigenvalue weighted by Gasteiger charge is -2.27. The fourth-order valence-electron chi connectivity index (χ4n) is 3.62. The number of fused-ring (bicyclic) bond motifs is 1. The van der Waals surface area contributed by atoms with Gasteiger partial charge in [0.15, 0.2) is 11.5 Å². The monoisotopic (exact) mass is 456 g/mol. The van der Waals surface area contributed by atoms with Gasteiger partial charge in [-0.3, -0.25) is 4.79 Å². The predicted molar refractivity (Wildman–Crippen MR) is 110 cm³/mol. The maximum Gasteiger partial charge on any atom is 0.253 e. The first-order chi connectivity index (χ1) is 13.9. The van der Waals surface area contributed by atoms with E-state index in [9.17, 15) is 13.2 Å². The number of carbonyl (C=O) groups is 1. The van der Waals surface area contributed by atoms with Crippen LogP contribution >= 0.6 is 22.9 Å². The van der Waals surface area contributed by atoms with E-state index in [0.717, 1.165) is 16.9 Å². The molecule has 0 bridgehead atoms. The van der Waals surface area contributed by atoms with E-state index < -0.39 is 16.1 Å². The molecule has 1 saturated heterocycles. The SMILES string of the molecule is CN(Cc1ccc2c(c1)OCCO2)C(=O)C1CCCN1S(=O)(=O)c1ccc(Cl)s1. The van der Waals surface area contributed by atoms with Crippen LogP contribution in [0.3, 0.4) is 0 Å². The average Bonchev–Trinajstić information content (AvgIpc) is 3.37. The minimum absolute atomic E-state index is 0.164. The number of carbonyl (C=O) groups excluding carboxylic acids is 1. The van der Waals surface area contributed by atoms with Crippen molar-refractivity contribution in [2.75, 3.05) is 26.8 Å². The van der Waals surface area contributed by atoms with Gasteiger partial charge in [-0.15, -0.1) is 11.3 Å². The van der Waals surface area contributed by atoms with Crippen molar-refractivity contribution >= 4 is 38.9 Å². The van der Waals surface area contributed by atoms with Crippen molar-refractivity contribution in [3.05, 3.63) is 40.2 Å². The van der Waals surface area contributed by atoms with Crippen LogP contribution in [0, 0.1) is 0 Å². The Hall–Kier alpha value is -1.81. The molecule has 1 aromatic heterocycles. The zero-order valence-corrected chi connectivity index (χ0v) is 18.2. The maximum absolute atomic E-state index is 13.1. The first-order valence-electron chi connectivity index (χ1n) is 9.27. The Morgan fingerprint density at radius 1 is 1.24 bits per heavy atom. The number of ether oxygens (including phenoxy) is 2. The number of likely N-dealkylation sites (N-methyl/N-ethyl adjacent to an activating group) is 1. The normalized spacial score (nSPS) is 19.3. The van der Waals surface area contributed by atoms with Crippen LogP contribution in [-0.2, 0) is 21.4 Å². The summed E-state index contributed by atoms with van der Waals surface area (Å²) in [6, 6.07) is 7.90. The van der Waals surface area contributed by atoms with Gasteiger partial charge in [-0.05, 0) is 42.7 Å². The summed E-state index contributed by atoms with van der Waals surface area (Å²) in [5.74, 6) is 1.13. The van der Waals surface area contributed by atoms with Crippen molar-refractivity contribution in [3.63, 3.8) is 0 Å². The van der Waals surface area contributed by atoms with Crippen LogP contribution in [-0.4, -0.2) is 56.4 Å². The van der Waals surface area contributed by atoms with Crippen LogP contribution in [0.2, 0.25) is 4.34 Å². The summed E-state index contributed by atoms with van der Waals surface area (Å²) in [4.78, 5) is 14.6. The highest BCUT2D eigenvalue weighted by Gasteiger charge is 2.41. The third-order valence-corrected chi connectivity index (χ3v) is 8.61. The molecule has 1 atom stereocenters. The number of hydrogen-bond donors (Lipinski definition) is 0. The molecule has 1 fully saturated rings. The molecule has 0 saturated carbocycles. The summed E-state index contributed by atoms with van der Waals surface area (Å²) < 4.78 is 38.9. The molecular weight excluding hydrogens is 436 g/mol. The molecule has 1 unspecified atom stereocenters. The molecule has 2 aromatic rings. The van der Waals surface area contributed by atoms with Crippen LogP contribution in [0.15, 0.2) is 34.5 Å². The Balaban J connectivity index is 1.49. The highest BCUT2D eigenvalue weighted by atomic mass is 35.5. The topological polar surface area (TPSA) is 76.2 Å². The predicted octanol–water partition coefficient (Wildman–Crippen LogP) is 2.98. The Morgan fingerprint density at radius 2 is 2.00 bits per heavy atom. The Kier molecular flexibility index (Phi) is 5.74. The summed E-state index contributed by atoms with van der Waals surface area (Å²) in [6.45, 7) is 1.69. The summed E-state index contributed by atoms with van der Waals surface area (Å²) in [5.41, 5.74) is 0.891. The molecule has 2 aliphatic heterocycles. The van der Waals surface area contributed by atoms with Crippen LogP contribution < -0.4 is 9.47 Å². The smallest absolute Gasteiger partial charge is 0.253 e. The van der Waals surface area contributed by atoms with Gasteiger partial charge in [0, 0.05) is 20.1 Å². The molecular formula is C19H21ClN2O5S2. The first-order valence-corrected chi connectivity index (χ1v) is 11.9. The van der Waals surface area contributed by atoms with Crippen molar-refractivity contribution in [1.29, 1.82) is 0 Å². The van der Waals surface area contributed by atoms with Crippen molar-refractivity contribution in [3.8, 4) is 11.5 Å². The third kappa shape index (κ3) is 4.09. The maximum atomic E-state index is 13.1. The van der Waals surface area contributed by atoms with Gasteiger partial charge in [0.25, 0.3) is 10.0 Å². The second kappa shape index (κ2) is 8.14. The van der Waals surface area contributed by atoms with E-state index in [1.54, 1.807) is 18.0 Å². The Bertz CT molecular complexity index is 1020. The van der Waals surface area contributed by atoms with E-state index in [1.807, 2.05) is 18.2 Å². The number of rotatable bonds is 5. The molecule has 1 amide bonds. The van der Waals surface area contributed by atoms with Gasteiger partial charge >= 0.3 is 0 Å². The zero-order valence-electron chi connectivity index (χ0n) is 15.8. The first kappa shape index (κ1) is 20.5. The summed E-state index contributed by atoms with van der Waals surface area (Å²) in [7, 11) is -2.06. The Morgan fingerprint density at radius 3 is 2.72 bits per heavy atom. The fourth-order valence-corrected chi connectivity index (χ4v) is 6.88.